The maximum atomic E-state index is 13.4. The third-order valence-electron chi connectivity index (χ3n) is 4.49. The molecular weight excluding hydrogens is 418 g/mol. The average Bonchev–Trinajstić information content (AvgIpc) is 2.64. The summed E-state index contributed by atoms with van der Waals surface area (Å²) in [6.07, 6.45) is -0.573. The summed E-state index contributed by atoms with van der Waals surface area (Å²) in [6, 6.07) is 4.40. The van der Waals surface area contributed by atoms with Gasteiger partial charge in [0.25, 0.3) is 5.91 Å². The van der Waals surface area contributed by atoms with E-state index in [1.807, 2.05) is 0 Å². The standard InChI is InChI=1S/C17H14ClF4N5O2/c18-11-6-10(2-3-12(11)19)16(4-1-5-16)25-15-23-7-9(8-24-15)13(28)26-27-14(29)17(20,21)22/h2-3,6-8H,1,4-5H2,(H,26,28)(H,27,29)(H,23,24,25). The summed E-state index contributed by atoms with van der Waals surface area (Å²) in [4.78, 5) is 30.5. The molecule has 3 rings (SSSR count). The fraction of sp³-hybridized carbons (Fsp3) is 0.294. The number of halogens is 5. The van der Waals surface area contributed by atoms with Gasteiger partial charge in [-0.15, -0.1) is 0 Å². The summed E-state index contributed by atoms with van der Waals surface area (Å²) < 4.78 is 49.8. The molecule has 29 heavy (non-hydrogen) atoms. The van der Waals surface area contributed by atoms with Crippen LogP contribution in [-0.2, 0) is 10.3 Å². The molecule has 1 aliphatic carbocycles. The van der Waals surface area contributed by atoms with E-state index >= 15 is 0 Å². The summed E-state index contributed by atoms with van der Waals surface area (Å²) in [6.45, 7) is 0. The van der Waals surface area contributed by atoms with Crippen LogP contribution in [0, 0.1) is 5.82 Å². The number of anilines is 1. The molecule has 0 spiro atoms. The normalized spacial score (nSPS) is 15.2. The van der Waals surface area contributed by atoms with E-state index in [4.69, 9.17) is 11.6 Å². The van der Waals surface area contributed by atoms with Crippen LogP contribution in [-0.4, -0.2) is 28.0 Å². The van der Waals surface area contributed by atoms with Crippen molar-refractivity contribution in [3.63, 3.8) is 0 Å². The van der Waals surface area contributed by atoms with Gasteiger partial charge in [-0.25, -0.2) is 14.4 Å². The Bertz CT molecular complexity index is 932. The molecule has 1 aliphatic rings. The van der Waals surface area contributed by atoms with E-state index in [-0.39, 0.29) is 16.5 Å². The fourth-order valence-corrected chi connectivity index (χ4v) is 2.97. The summed E-state index contributed by atoms with van der Waals surface area (Å²) >= 11 is 5.86. The number of aromatic nitrogens is 2. The van der Waals surface area contributed by atoms with Crippen LogP contribution in [0.5, 0.6) is 0 Å². The molecule has 0 unspecified atom stereocenters. The predicted octanol–water partition coefficient (Wildman–Crippen LogP) is 3.08. The van der Waals surface area contributed by atoms with E-state index in [1.165, 1.54) is 17.6 Å². The van der Waals surface area contributed by atoms with Crippen LogP contribution in [0.25, 0.3) is 0 Å². The lowest BCUT2D eigenvalue weighted by molar-refractivity contribution is -0.174. The molecule has 2 amide bonds. The first-order chi connectivity index (χ1) is 13.6. The quantitative estimate of drug-likeness (QED) is 0.511. The number of benzene rings is 1. The Kier molecular flexibility index (Phi) is 5.60. The molecule has 2 aromatic rings. The Morgan fingerprint density at radius 2 is 1.76 bits per heavy atom. The van der Waals surface area contributed by atoms with Gasteiger partial charge in [0.05, 0.1) is 16.1 Å². The number of hydrazine groups is 1. The molecule has 12 heteroatoms. The molecule has 1 aromatic carbocycles. The van der Waals surface area contributed by atoms with Crippen LogP contribution < -0.4 is 16.2 Å². The maximum Gasteiger partial charge on any atom is 0.472 e. The van der Waals surface area contributed by atoms with Crippen molar-refractivity contribution < 1.29 is 27.2 Å². The van der Waals surface area contributed by atoms with Gasteiger partial charge < -0.3 is 5.32 Å². The Balaban J connectivity index is 1.67. The molecule has 154 valence electrons. The lowest BCUT2D eigenvalue weighted by Gasteiger charge is -2.43. The van der Waals surface area contributed by atoms with Crippen LogP contribution in [0.3, 0.4) is 0 Å². The topological polar surface area (TPSA) is 96.0 Å². The Morgan fingerprint density at radius 1 is 1.10 bits per heavy atom. The van der Waals surface area contributed by atoms with E-state index in [9.17, 15) is 27.2 Å². The molecule has 3 N–H and O–H groups in total. The van der Waals surface area contributed by atoms with E-state index in [0.29, 0.717) is 0 Å². The zero-order valence-corrected chi connectivity index (χ0v) is 15.4. The molecule has 1 aromatic heterocycles. The monoisotopic (exact) mass is 431 g/mol. The molecular formula is C17H14ClF4N5O2. The van der Waals surface area contributed by atoms with Crippen molar-refractivity contribution in [2.45, 2.75) is 31.0 Å². The summed E-state index contributed by atoms with van der Waals surface area (Å²) in [5, 5.41) is 3.13. The molecule has 1 saturated carbocycles. The second-order valence-electron chi connectivity index (χ2n) is 6.39. The van der Waals surface area contributed by atoms with Gasteiger partial charge in [0.2, 0.25) is 5.95 Å². The molecule has 0 atom stereocenters. The van der Waals surface area contributed by atoms with E-state index in [0.717, 1.165) is 37.2 Å². The van der Waals surface area contributed by atoms with Crippen LogP contribution in [0.2, 0.25) is 5.02 Å². The minimum Gasteiger partial charge on any atom is -0.345 e. The lowest BCUT2D eigenvalue weighted by atomic mass is 9.72. The highest BCUT2D eigenvalue weighted by Crippen LogP contribution is 2.44. The lowest BCUT2D eigenvalue weighted by Crippen LogP contribution is -2.47. The van der Waals surface area contributed by atoms with Crippen molar-refractivity contribution in [3.8, 4) is 0 Å². The minimum absolute atomic E-state index is 0.00980. The van der Waals surface area contributed by atoms with E-state index in [2.05, 4.69) is 15.3 Å². The molecule has 7 nitrogen and oxygen atoms in total. The zero-order valence-electron chi connectivity index (χ0n) is 14.6. The van der Waals surface area contributed by atoms with E-state index < -0.39 is 29.3 Å². The fourth-order valence-electron chi connectivity index (χ4n) is 2.79. The molecule has 0 bridgehead atoms. The summed E-state index contributed by atoms with van der Waals surface area (Å²) in [7, 11) is 0. The van der Waals surface area contributed by atoms with Gasteiger partial charge in [-0.1, -0.05) is 17.7 Å². The molecule has 1 fully saturated rings. The smallest absolute Gasteiger partial charge is 0.345 e. The van der Waals surface area contributed by atoms with Crippen molar-refractivity contribution >= 4 is 29.4 Å². The number of alkyl halides is 3. The highest BCUT2D eigenvalue weighted by Gasteiger charge is 2.40. The first kappa shape index (κ1) is 20.8. The van der Waals surface area contributed by atoms with Gasteiger partial charge >= 0.3 is 12.1 Å². The number of hydrogen-bond donors (Lipinski definition) is 3. The van der Waals surface area contributed by atoms with Gasteiger partial charge in [-0.05, 0) is 37.0 Å². The molecule has 1 heterocycles. The third-order valence-corrected chi connectivity index (χ3v) is 4.78. The van der Waals surface area contributed by atoms with Crippen molar-refractivity contribution in [3.05, 3.63) is 52.6 Å². The minimum atomic E-state index is -5.13. The van der Waals surface area contributed by atoms with Crippen LogP contribution >= 0.6 is 11.6 Å². The van der Waals surface area contributed by atoms with Gasteiger partial charge in [0.1, 0.15) is 5.82 Å². The highest BCUT2D eigenvalue weighted by atomic mass is 35.5. The van der Waals surface area contributed by atoms with Crippen LogP contribution in [0.15, 0.2) is 30.6 Å². The first-order valence-corrected chi connectivity index (χ1v) is 8.72. The summed E-state index contributed by atoms with van der Waals surface area (Å²) in [5.41, 5.74) is 2.93. The number of carbonyl (C=O) groups excluding carboxylic acids is 2. The molecule has 0 aliphatic heterocycles. The van der Waals surface area contributed by atoms with Gasteiger partial charge in [0, 0.05) is 12.4 Å². The number of nitrogens with one attached hydrogen (secondary N) is 3. The van der Waals surface area contributed by atoms with Crippen LogP contribution in [0.1, 0.15) is 35.2 Å². The molecule has 0 radical (unpaired) electrons. The number of hydrogen-bond acceptors (Lipinski definition) is 5. The zero-order chi connectivity index (χ0) is 21.2. The Morgan fingerprint density at radius 3 is 2.28 bits per heavy atom. The molecule has 0 saturated heterocycles. The highest BCUT2D eigenvalue weighted by molar-refractivity contribution is 6.30. The predicted molar refractivity (Wildman–Crippen MR) is 94.3 cm³/mol. The Labute approximate surface area is 166 Å². The van der Waals surface area contributed by atoms with Gasteiger partial charge in [-0.3, -0.25) is 20.4 Å². The first-order valence-electron chi connectivity index (χ1n) is 8.34. The Hall–Kier alpha value is -2.95. The van der Waals surface area contributed by atoms with Crippen molar-refractivity contribution in [2.75, 3.05) is 5.32 Å². The maximum absolute atomic E-state index is 13.4. The third kappa shape index (κ3) is 4.56. The van der Waals surface area contributed by atoms with Gasteiger partial charge in [0.15, 0.2) is 0 Å². The van der Waals surface area contributed by atoms with Crippen molar-refractivity contribution in [1.29, 1.82) is 0 Å². The number of amides is 2. The van der Waals surface area contributed by atoms with E-state index in [1.54, 1.807) is 11.5 Å². The number of carbonyl (C=O) groups is 2. The second kappa shape index (κ2) is 7.82. The van der Waals surface area contributed by atoms with Crippen LogP contribution in [0.4, 0.5) is 23.5 Å². The SMILES string of the molecule is O=C(NNC(=O)C(F)(F)F)c1cnc(NC2(c3ccc(F)c(Cl)c3)CCC2)nc1. The van der Waals surface area contributed by atoms with Gasteiger partial charge in [-0.2, -0.15) is 13.2 Å². The largest absolute Gasteiger partial charge is 0.472 e. The number of nitrogens with zero attached hydrogens (tertiary/aromatic N) is 2. The summed E-state index contributed by atoms with van der Waals surface area (Å²) in [5.74, 6) is -3.69. The second-order valence-corrected chi connectivity index (χ2v) is 6.80. The average molecular weight is 432 g/mol. The van der Waals surface area contributed by atoms with Crippen molar-refractivity contribution in [2.24, 2.45) is 0 Å². The van der Waals surface area contributed by atoms with Crippen molar-refractivity contribution in [1.82, 2.24) is 20.8 Å². The number of rotatable bonds is 4.